The largest absolute Gasteiger partial charge is 0.492 e. The molecule has 1 aromatic carbocycles. The summed E-state index contributed by atoms with van der Waals surface area (Å²) in [6.07, 6.45) is 4.53. The third-order valence-corrected chi connectivity index (χ3v) is 4.26. The fraction of sp³-hybridized carbons (Fsp3) is 0.333. The predicted octanol–water partition coefficient (Wildman–Crippen LogP) is 4.16. The predicted molar refractivity (Wildman–Crippen MR) is 94.8 cm³/mol. The van der Waals surface area contributed by atoms with Gasteiger partial charge in [-0.1, -0.05) is 24.6 Å². The van der Waals surface area contributed by atoms with Crippen molar-refractivity contribution in [3.63, 3.8) is 0 Å². The van der Waals surface area contributed by atoms with Gasteiger partial charge in [0.05, 0.1) is 11.6 Å². The summed E-state index contributed by atoms with van der Waals surface area (Å²) in [5.41, 5.74) is 1.83. The van der Waals surface area contributed by atoms with E-state index in [0.29, 0.717) is 42.1 Å². The highest BCUT2D eigenvalue weighted by Crippen LogP contribution is 2.30. The first-order valence-electron chi connectivity index (χ1n) is 8.05. The zero-order valence-electron chi connectivity index (χ0n) is 13.5. The number of amides is 2. The van der Waals surface area contributed by atoms with Crippen LogP contribution in [0.25, 0.3) is 0 Å². The summed E-state index contributed by atoms with van der Waals surface area (Å²) in [6.45, 7) is 4.05. The maximum Gasteiger partial charge on any atom is 0.321 e. The van der Waals surface area contributed by atoms with Gasteiger partial charge in [0.25, 0.3) is 0 Å². The average molecular weight is 346 g/mol. The van der Waals surface area contributed by atoms with Crippen molar-refractivity contribution in [3.8, 4) is 5.75 Å². The van der Waals surface area contributed by atoms with Crippen molar-refractivity contribution >= 4 is 23.3 Å². The van der Waals surface area contributed by atoms with E-state index in [9.17, 15) is 4.79 Å². The van der Waals surface area contributed by atoms with Gasteiger partial charge in [0.2, 0.25) is 0 Å². The van der Waals surface area contributed by atoms with Crippen molar-refractivity contribution in [2.24, 2.45) is 0 Å². The number of ether oxygens (including phenoxy) is 1. The number of likely N-dealkylation sites (tertiary alicyclic amines) is 1. The van der Waals surface area contributed by atoms with E-state index < -0.39 is 0 Å². The van der Waals surface area contributed by atoms with Gasteiger partial charge in [-0.3, -0.25) is 4.98 Å². The molecule has 0 spiro atoms. The second kappa shape index (κ2) is 7.53. The highest BCUT2D eigenvalue weighted by Gasteiger charge is 2.31. The number of nitrogens with one attached hydrogen (secondary N) is 1. The van der Waals surface area contributed by atoms with E-state index in [0.717, 1.165) is 6.42 Å². The van der Waals surface area contributed by atoms with Crippen LogP contribution in [0, 0.1) is 0 Å². The molecule has 0 atom stereocenters. The van der Waals surface area contributed by atoms with Crippen LogP contribution in [0.3, 0.4) is 0 Å². The fourth-order valence-corrected chi connectivity index (χ4v) is 2.82. The molecular weight excluding hydrogens is 326 g/mol. The number of halogens is 1. The number of carbonyl (C=O) groups excluding carboxylic acids is 1. The van der Waals surface area contributed by atoms with Gasteiger partial charge in [-0.25, -0.2) is 4.79 Å². The van der Waals surface area contributed by atoms with Gasteiger partial charge in [-0.15, -0.1) is 0 Å². The first kappa shape index (κ1) is 16.6. The molecule has 0 unspecified atom stereocenters. The van der Waals surface area contributed by atoms with E-state index in [2.05, 4.69) is 10.3 Å². The van der Waals surface area contributed by atoms with Gasteiger partial charge in [0.1, 0.15) is 5.75 Å². The molecule has 0 aliphatic carbocycles. The number of nitrogens with zero attached hydrogens (tertiary/aromatic N) is 2. The molecule has 3 rings (SSSR count). The number of pyridine rings is 1. The number of carbonyl (C=O) groups is 1. The molecule has 0 radical (unpaired) electrons. The van der Waals surface area contributed by atoms with Crippen LogP contribution < -0.4 is 10.1 Å². The Balaban J connectivity index is 1.53. The number of rotatable bonds is 5. The van der Waals surface area contributed by atoms with Gasteiger partial charge >= 0.3 is 6.03 Å². The van der Waals surface area contributed by atoms with Crippen LogP contribution >= 0.6 is 11.6 Å². The Morgan fingerprint density at radius 1 is 1.42 bits per heavy atom. The summed E-state index contributed by atoms with van der Waals surface area (Å²) in [5, 5.41) is 3.37. The second-order valence-corrected chi connectivity index (χ2v) is 6.22. The molecular formula is C18H20ClN3O2. The van der Waals surface area contributed by atoms with Crippen molar-refractivity contribution in [1.29, 1.82) is 0 Å². The highest BCUT2D eigenvalue weighted by atomic mass is 35.5. The minimum Gasteiger partial charge on any atom is -0.492 e. The van der Waals surface area contributed by atoms with Gasteiger partial charge < -0.3 is 15.0 Å². The standard InChI is InChI=1S/C18H20ClN3O2/c1-2-8-24-17-6-5-15(9-16(17)19)21-18(23)22-11-14(12-22)13-4-3-7-20-10-13/h3-7,9-10,14H,2,8,11-12H2,1H3,(H,21,23). The number of urea groups is 1. The van der Waals surface area contributed by atoms with Crippen LogP contribution in [-0.4, -0.2) is 35.6 Å². The first-order chi connectivity index (χ1) is 11.7. The minimum absolute atomic E-state index is 0.117. The van der Waals surface area contributed by atoms with Crippen LogP contribution in [0.5, 0.6) is 5.75 Å². The highest BCUT2D eigenvalue weighted by molar-refractivity contribution is 6.32. The molecule has 1 fully saturated rings. The molecule has 1 N–H and O–H groups in total. The Morgan fingerprint density at radius 2 is 2.25 bits per heavy atom. The van der Waals surface area contributed by atoms with Crippen LogP contribution in [0.4, 0.5) is 10.5 Å². The quantitative estimate of drug-likeness (QED) is 0.885. The lowest BCUT2D eigenvalue weighted by atomic mass is 9.93. The van der Waals surface area contributed by atoms with Crippen molar-refractivity contribution < 1.29 is 9.53 Å². The SMILES string of the molecule is CCCOc1ccc(NC(=O)N2CC(c3cccnc3)C2)cc1Cl. The third kappa shape index (κ3) is 3.79. The van der Waals surface area contributed by atoms with Crippen LogP contribution in [-0.2, 0) is 0 Å². The fourth-order valence-electron chi connectivity index (χ4n) is 2.58. The molecule has 126 valence electrons. The van der Waals surface area contributed by atoms with E-state index in [1.807, 2.05) is 25.3 Å². The summed E-state index contributed by atoms with van der Waals surface area (Å²) >= 11 is 6.18. The Kier molecular flexibility index (Phi) is 5.20. The van der Waals surface area contributed by atoms with Crippen molar-refractivity contribution in [3.05, 3.63) is 53.3 Å². The Bertz CT molecular complexity index is 703. The summed E-state index contributed by atoms with van der Waals surface area (Å²) < 4.78 is 5.53. The lowest BCUT2D eigenvalue weighted by Gasteiger charge is -2.39. The number of benzene rings is 1. The molecule has 1 aliphatic rings. The lowest BCUT2D eigenvalue weighted by Crippen LogP contribution is -2.50. The average Bonchev–Trinajstić information content (AvgIpc) is 2.54. The third-order valence-electron chi connectivity index (χ3n) is 3.97. The Labute approximate surface area is 146 Å². The monoisotopic (exact) mass is 345 g/mol. The molecule has 1 aliphatic heterocycles. The first-order valence-corrected chi connectivity index (χ1v) is 8.43. The smallest absolute Gasteiger partial charge is 0.321 e. The zero-order valence-corrected chi connectivity index (χ0v) is 14.3. The van der Waals surface area contributed by atoms with Crippen LogP contribution in [0.15, 0.2) is 42.7 Å². The van der Waals surface area contributed by atoms with Crippen LogP contribution in [0.1, 0.15) is 24.8 Å². The Morgan fingerprint density at radius 3 is 2.92 bits per heavy atom. The molecule has 5 nitrogen and oxygen atoms in total. The molecule has 0 saturated carbocycles. The number of hydrogen-bond donors (Lipinski definition) is 1. The molecule has 0 bridgehead atoms. The Hall–Kier alpha value is -2.27. The second-order valence-electron chi connectivity index (χ2n) is 5.81. The summed E-state index contributed by atoms with van der Waals surface area (Å²) in [7, 11) is 0. The maximum atomic E-state index is 12.3. The van der Waals surface area contributed by atoms with Gasteiger partial charge in [-0.2, -0.15) is 0 Å². The van der Waals surface area contributed by atoms with E-state index >= 15 is 0 Å². The number of anilines is 1. The van der Waals surface area contributed by atoms with Gasteiger partial charge in [-0.05, 0) is 36.2 Å². The van der Waals surface area contributed by atoms with Crippen LogP contribution in [0.2, 0.25) is 5.02 Å². The van der Waals surface area contributed by atoms with E-state index in [1.54, 1.807) is 29.3 Å². The number of hydrogen-bond acceptors (Lipinski definition) is 3. The molecule has 1 saturated heterocycles. The summed E-state index contributed by atoms with van der Waals surface area (Å²) in [6, 6.07) is 9.13. The summed E-state index contributed by atoms with van der Waals surface area (Å²) in [5.74, 6) is 0.995. The molecule has 2 heterocycles. The van der Waals surface area contributed by atoms with Crippen molar-refractivity contribution in [1.82, 2.24) is 9.88 Å². The molecule has 2 amide bonds. The van der Waals surface area contributed by atoms with Gasteiger partial charge in [0.15, 0.2) is 0 Å². The molecule has 6 heteroatoms. The van der Waals surface area contributed by atoms with Crippen molar-refractivity contribution in [2.75, 3.05) is 25.0 Å². The van der Waals surface area contributed by atoms with E-state index in [-0.39, 0.29) is 6.03 Å². The topological polar surface area (TPSA) is 54.5 Å². The summed E-state index contributed by atoms with van der Waals surface area (Å²) in [4.78, 5) is 18.2. The molecule has 2 aromatic rings. The minimum atomic E-state index is -0.117. The lowest BCUT2D eigenvalue weighted by molar-refractivity contribution is 0.164. The normalized spacial score (nSPS) is 14.2. The molecule has 24 heavy (non-hydrogen) atoms. The maximum absolute atomic E-state index is 12.3. The van der Waals surface area contributed by atoms with Crippen molar-refractivity contribution in [2.45, 2.75) is 19.3 Å². The zero-order chi connectivity index (χ0) is 16.9. The molecule has 1 aromatic heterocycles. The van der Waals surface area contributed by atoms with E-state index in [1.165, 1.54) is 5.56 Å². The number of aromatic nitrogens is 1. The van der Waals surface area contributed by atoms with Gasteiger partial charge in [0, 0.05) is 37.1 Å². The van der Waals surface area contributed by atoms with E-state index in [4.69, 9.17) is 16.3 Å².